The third-order valence-electron chi connectivity index (χ3n) is 5.78. The van der Waals surface area contributed by atoms with Crippen molar-refractivity contribution in [2.75, 3.05) is 11.5 Å². The lowest BCUT2D eigenvalue weighted by Gasteiger charge is -2.20. The average molecular weight is 534 g/mol. The van der Waals surface area contributed by atoms with E-state index >= 15 is 0 Å². The monoisotopic (exact) mass is 533 g/mol. The Bertz CT molecular complexity index is 1440. The van der Waals surface area contributed by atoms with Crippen LogP contribution in [0.5, 0.6) is 5.75 Å². The highest BCUT2D eigenvalue weighted by atomic mass is 32.2. The van der Waals surface area contributed by atoms with Crippen molar-refractivity contribution in [1.29, 1.82) is 0 Å². The molecule has 0 saturated carbocycles. The molecule has 5 rings (SSSR count). The zero-order valence-corrected chi connectivity index (χ0v) is 21.7. The van der Waals surface area contributed by atoms with Gasteiger partial charge in [0, 0.05) is 11.3 Å². The molecule has 1 aliphatic heterocycles. The van der Waals surface area contributed by atoms with Crippen LogP contribution in [-0.2, 0) is 15.3 Å². The number of ketones is 1. The van der Waals surface area contributed by atoms with Gasteiger partial charge in [0.1, 0.15) is 23.3 Å². The molecular formula is C27H23N3O5S2. The topological polar surface area (TPSA) is 106 Å². The molecule has 1 fully saturated rings. The molecular weight excluding hydrogens is 510 g/mol. The molecule has 2 aromatic carbocycles. The van der Waals surface area contributed by atoms with Crippen molar-refractivity contribution in [3.8, 4) is 5.75 Å². The van der Waals surface area contributed by atoms with Gasteiger partial charge in [0.25, 0.3) is 5.78 Å². The van der Waals surface area contributed by atoms with Crippen molar-refractivity contribution in [3.05, 3.63) is 95.0 Å². The first-order valence-electron chi connectivity index (χ1n) is 11.6. The van der Waals surface area contributed by atoms with E-state index < -0.39 is 17.7 Å². The van der Waals surface area contributed by atoms with Crippen LogP contribution >= 0.6 is 23.1 Å². The molecule has 2 aromatic heterocycles. The van der Waals surface area contributed by atoms with Gasteiger partial charge in [-0.15, -0.1) is 10.2 Å². The number of Topliss-reactive ketones (excluding diaryl/α,β-unsaturated/α-hetero) is 1. The predicted molar refractivity (Wildman–Crippen MR) is 142 cm³/mol. The third-order valence-corrected chi connectivity index (χ3v) is 7.91. The fourth-order valence-electron chi connectivity index (χ4n) is 3.96. The van der Waals surface area contributed by atoms with E-state index in [2.05, 4.69) is 34.5 Å². The van der Waals surface area contributed by atoms with E-state index in [-0.39, 0.29) is 16.5 Å². The molecule has 0 radical (unpaired) electrons. The molecule has 37 heavy (non-hydrogen) atoms. The number of thioether (sulfide) groups is 1. The third kappa shape index (κ3) is 5.03. The number of aromatic nitrogens is 2. The van der Waals surface area contributed by atoms with E-state index in [1.165, 1.54) is 39.8 Å². The summed E-state index contributed by atoms with van der Waals surface area (Å²) in [6.07, 6.45) is 1.45. The van der Waals surface area contributed by atoms with Crippen LogP contribution in [0.15, 0.2) is 81.3 Å². The largest absolute Gasteiger partial charge is 0.507 e. The van der Waals surface area contributed by atoms with Crippen LogP contribution < -0.4 is 9.64 Å². The summed E-state index contributed by atoms with van der Waals surface area (Å²) in [5, 5.41) is 19.8. The maximum absolute atomic E-state index is 13.2. The summed E-state index contributed by atoms with van der Waals surface area (Å²) in [7, 11) is 0. The first-order valence-corrected chi connectivity index (χ1v) is 13.4. The lowest BCUT2D eigenvalue weighted by molar-refractivity contribution is -0.132. The van der Waals surface area contributed by atoms with Gasteiger partial charge < -0.3 is 14.3 Å². The van der Waals surface area contributed by atoms with E-state index in [0.29, 0.717) is 33.8 Å². The highest BCUT2D eigenvalue weighted by molar-refractivity contribution is 8.00. The zero-order valence-electron chi connectivity index (χ0n) is 20.1. The van der Waals surface area contributed by atoms with Crippen LogP contribution in [0.3, 0.4) is 0 Å². The molecule has 1 unspecified atom stereocenters. The maximum atomic E-state index is 13.2. The standard InChI is InChI=1S/C27H23N3O5S2/c1-3-34-19-12-10-18(11-13-19)23(31)21-22(20-5-4-14-35-20)30(25(33)24(21)32)26-28-29-27(37-26)36-15-17-8-6-16(2)7-9-17/h4-14,22,31H,3,15H2,1-2H3/b23-21-. The van der Waals surface area contributed by atoms with Gasteiger partial charge in [-0.2, -0.15) is 0 Å². The Kier molecular flexibility index (Phi) is 7.11. The van der Waals surface area contributed by atoms with Crippen molar-refractivity contribution in [1.82, 2.24) is 10.2 Å². The van der Waals surface area contributed by atoms with Crippen molar-refractivity contribution in [2.24, 2.45) is 0 Å². The number of benzene rings is 2. The number of nitrogens with zero attached hydrogens (tertiary/aromatic N) is 3. The number of rotatable bonds is 8. The Hall–Kier alpha value is -3.89. The quantitative estimate of drug-likeness (QED) is 0.100. The molecule has 0 spiro atoms. The molecule has 0 aliphatic carbocycles. The van der Waals surface area contributed by atoms with Gasteiger partial charge in [-0.25, -0.2) is 0 Å². The Morgan fingerprint density at radius 3 is 2.54 bits per heavy atom. The number of amides is 1. The van der Waals surface area contributed by atoms with Crippen LogP contribution in [0.1, 0.15) is 35.4 Å². The number of hydrogen-bond acceptors (Lipinski definition) is 9. The van der Waals surface area contributed by atoms with Crippen LogP contribution in [0.2, 0.25) is 0 Å². The summed E-state index contributed by atoms with van der Waals surface area (Å²) >= 11 is 2.70. The molecule has 1 aliphatic rings. The fourth-order valence-corrected chi connectivity index (χ4v) is 5.79. The van der Waals surface area contributed by atoms with Gasteiger partial charge in [0.05, 0.1) is 18.4 Å². The van der Waals surface area contributed by atoms with Crippen molar-refractivity contribution >= 4 is 45.7 Å². The SMILES string of the molecule is CCOc1ccc(/C(O)=C2/C(=O)C(=O)N(c3nnc(SCc4ccc(C)cc4)s3)C2c2ccco2)cc1. The van der Waals surface area contributed by atoms with Gasteiger partial charge in [0.15, 0.2) is 4.34 Å². The number of aliphatic hydroxyl groups is 1. The molecule has 10 heteroatoms. The van der Waals surface area contributed by atoms with Crippen LogP contribution in [0.4, 0.5) is 5.13 Å². The van der Waals surface area contributed by atoms with Crippen molar-refractivity contribution in [2.45, 2.75) is 30.0 Å². The summed E-state index contributed by atoms with van der Waals surface area (Å²) < 4.78 is 11.7. The van der Waals surface area contributed by atoms with Gasteiger partial charge in [0.2, 0.25) is 5.13 Å². The summed E-state index contributed by atoms with van der Waals surface area (Å²) in [6.45, 7) is 4.41. The number of anilines is 1. The predicted octanol–water partition coefficient (Wildman–Crippen LogP) is 5.76. The lowest BCUT2D eigenvalue weighted by Crippen LogP contribution is -2.29. The molecule has 1 N–H and O–H groups in total. The van der Waals surface area contributed by atoms with E-state index in [0.717, 1.165) is 5.56 Å². The van der Waals surface area contributed by atoms with E-state index in [9.17, 15) is 14.7 Å². The number of furan rings is 1. The molecule has 1 saturated heterocycles. The molecule has 1 atom stereocenters. The Morgan fingerprint density at radius 1 is 1.11 bits per heavy atom. The first kappa shape index (κ1) is 24.8. The lowest BCUT2D eigenvalue weighted by atomic mass is 9.99. The molecule has 8 nitrogen and oxygen atoms in total. The minimum absolute atomic E-state index is 0.0758. The number of ether oxygens (including phenoxy) is 1. The summed E-state index contributed by atoms with van der Waals surface area (Å²) in [4.78, 5) is 27.7. The number of aliphatic hydroxyl groups excluding tert-OH is 1. The van der Waals surface area contributed by atoms with Crippen molar-refractivity contribution < 1.29 is 23.8 Å². The molecule has 1 amide bonds. The smallest absolute Gasteiger partial charge is 0.302 e. The number of hydrogen-bond donors (Lipinski definition) is 1. The number of aryl methyl sites for hydroxylation is 1. The highest BCUT2D eigenvalue weighted by Gasteiger charge is 2.49. The summed E-state index contributed by atoms with van der Waals surface area (Å²) in [5.74, 6) is -0.282. The molecule has 188 valence electrons. The molecule has 4 aromatic rings. The van der Waals surface area contributed by atoms with E-state index in [4.69, 9.17) is 9.15 Å². The second-order valence-electron chi connectivity index (χ2n) is 8.27. The van der Waals surface area contributed by atoms with Crippen LogP contribution in [0.25, 0.3) is 5.76 Å². The summed E-state index contributed by atoms with van der Waals surface area (Å²) in [5.41, 5.74) is 2.63. The minimum Gasteiger partial charge on any atom is -0.507 e. The second-order valence-corrected chi connectivity index (χ2v) is 10.4. The van der Waals surface area contributed by atoms with Gasteiger partial charge >= 0.3 is 5.91 Å². The fraction of sp³-hybridized carbons (Fsp3) is 0.185. The highest BCUT2D eigenvalue weighted by Crippen LogP contribution is 2.44. The normalized spacial score (nSPS) is 16.9. The van der Waals surface area contributed by atoms with Gasteiger partial charge in [-0.05, 0) is 55.8 Å². The van der Waals surface area contributed by atoms with Crippen LogP contribution in [0, 0.1) is 6.92 Å². The van der Waals surface area contributed by atoms with Crippen molar-refractivity contribution in [3.63, 3.8) is 0 Å². The Labute approximate surface area is 221 Å². The van der Waals surface area contributed by atoms with Gasteiger partial charge in [-0.1, -0.05) is 52.9 Å². The molecule has 0 bridgehead atoms. The maximum Gasteiger partial charge on any atom is 0.302 e. The number of carbonyl (C=O) groups excluding carboxylic acids is 2. The van der Waals surface area contributed by atoms with E-state index in [1.807, 2.05) is 13.8 Å². The second kappa shape index (κ2) is 10.6. The first-order chi connectivity index (χ1) is 18.0. The molecule has 3 heterocycles. The summed E-state index contributed by atoms with van der Waals surface area (Å²) in [6, 6.07) is 17.2. The average Bonchev–Trinajstić information content (AvgIpc) is 3.65. The minimum atomic E-state index is -0.982. The Balaban J connectivity index is 1.47. The van der Waals surface area contributed by atoms with Gasteiger partial charge in [-0.3, -0.25) is 14.5 Å². The Morgan fingerprint density at radius 2 is 1.86 bits per heavy atom. The number of carbonyl (C=O) groups is 2. The van der Waals surface area contributed by atoms with E-state index in [1.54, 1.807) is 36.4 Å². The van der Waals surface area contributed by atoms with Crippen LogP contribution in [-0.4, -0.2) is 33.6 Å². The zero-order chi connectivity index (χ0) is 25.9.